The van der Waals surface area contributed by atoms with E-state index in [1.807, 2.05) is 0 Å². The zero-order valence-electron chi connectivity index (χ0n) is 11.0. The van der Waals surface area contributed by atoms with Crippen LogP contribution in [0.2, 0.25) is 0 Å². The molecular weight excluding hydrogens is 228 g/mol. The molecule has 0 aliphatic heterocycles. The molecular formula is C14H20N2S. The predicted octanol–water partition coefficient (Wildman–Crippen LogP) is 4.44. The highest BCUT2D eigenvalue weighted by Crippen LogP contribution is 2.22. The molecule has 0 saturated heterocycles. The smallest absolute Gasteiger partial charge is 0.178 e. The lowest BCUT2D eigenvalue weighted by molar-refractivity contribution is 0.352. The number of fused-ring (bicyclic) bond motifs is 1. The van der Waals surface area contributed by atoms with Gasteiger partial charge in [0.25, 0.3) is 0 Å². The van der Waals surface area contributed by atoms with Gasteiger partial charge in [-0.2, -0.15) is 0 Å². The third-order valence-corrected chi connectivity index (χ3v) is 3.34. The van der Waals surface area contributed by atoms with Gasteiger partial charge in [-0.05, 0) is 48.7 Å². The van der Waals surface area contributed by atoms with E-state index in [2.05, 4.69) is 55.4 Å². The Kier molecular flexibility index (Phi) is 3.13. The van der Waals surface area contributed by atoms with E-state index in [4.69, 9.17) is 12.2 Å². The van der Waals surface area contributed by atoms with E-state index in [1.165, 1.54) is 11.1 Å². The van der Waals surface area contributed by atoms with Crippen LogP contribution in [0.1, 0.15) is 32.8 Å². The normalized spacial score (nSPS) is 12.2. The molecule has 1 aromatic heterocycles. The van der Waals surface area contributed by atoms with Crippen molar-refractivity contribution >= 4 is 23.3 Å². The van der Waals surface area contributed by atoms with Crippen molar-refractivity contribution in [3.8, 4) is 0 Å². The van der Waals surface area contributed by atoms with Crippen LogP contribution in [0.5, 0.6) is 0 Å². The largest absolute Gasteiger partial charge is 0.331 e. The molecule has 0 radical (unpaired) electrons. The summed E-state index contributed by atoms with van der Waals surface area (Å²) in [5, 5.41) is 0. The topological polar surface area (TPSA) is 20.7 Å². The number of imidazole rings is 1. The second kappa shape index (κ2) is 4.30. The van der Waals surface area contributed by atoms with E-state index in [1.54, 1.807) is 0 Å². The summed E-state index contributed by atoms with van der Waals surface area (Å²) in [6.45, 7) is 9.87. The zero-order valence-corrected chi connectivity index (χ0v) is 11.8. The first kappa shape index (κ1) is 12.4. The van der Waals surface area contributed by atoms with E-state index in [0.29, 0.717) is 5.41 Å². The first-order chi connectivity index (χ1) is 7.87. The Bertz CT molecular complexity index is 584. The maximum Gasteiger partial charge on any atom is 0.178 e. The van der Waals surface area contributed by atoms with Crippen LogP contribution in [0.3, 0.4) is 0 Å². The Hall–Kier alpha value is -1.09. The molecule has 0 spiro atoms. The molecule has 1 heterocycles. The van der Waals surface area contributed by atoms with Crippen LogP contribution in [0.4, 0.5) is 0 Å². The predicted molar refractivity (Wildman–Crippen MR) is 75.9 cm³/mol. The highest BCUT2D eigenvalue weighted by Gasteiger charge is 2.12. The maximum absolute atomic E-state index is 5.39. The highest BCUT2D eigenvalue weighted by atomic mass is 32.1. The molecule has 0 fully saturated rings. The number of hydrogen-bond donors (Lipinski definition) is 1. The van der Waals surface area contributed by atoms with Crippen LogP contribution in [0, 0.1) is 17.1 Å². The molecule has 0 saturated carbocycles. The van der Waals surface area contributed by atoms with Gasteiger partial charge in [-0.15, -0.1) is 0 Å². The number of aromatic nitrogens is 2. The number of aryl methyl sites for hydroxylation is 2. The molecule has 17 heavy (non-hydrogen) atoms. The number of nitrogens with zero attached hydrogens (tertiary/aromatic N) is 1. The fourth-order valence-electron chi connectivity index (χ4n) is 1.93. The number of hydrogen-bond acceptors (Lipinski definition) is 1. The molecule has 2 rings (SSSR count). The van der Waals surface area contributed by atoms with Crippen molar-refractivity contribution in [1.29, 1.82) is 0 Å². The van der Waals surface area contributed by atoms with E-state index < -0.39 is 0 Å². The van der Waals surface area contributed by atoms with E-state index >= 15 is 0 Å². The standard InChI is InChI=1S/C14H20N2S/c1-10-5-6-11-12(9-10)16(13(17)15-11)8-7-14(2,3)4/h5-6,9H,7-8H2,1-4H3,(H,15,17). The van der Waals surface area contributed by atoms with E-state index in [0.717, 1.165) is 23.3 Å². The summed E-state index contributed by atoms with van der Waals surface area (Å²) in [5.41, 5.74) is 3.96. The second-order valence-corrected chi connectivity index (χ2v) is 6.30. The van der Waals surface area contributed by atoms with Crippen LogP contribution in [-0.2, 0) is 6.54 Å². The summed E-state index contributed by atoms with van der Waals surface area (Å²) < 4.78 is 3.04. The van der Waals surface area contributed by atoms with Crippen LogP contribution in [0.25, 0.3) is 11.0 Å². The zero-order chi connectivity index (χ0) is 12.6. The lowest BCUT2D eigenvalue weighted by atomic mass is 9.92. The van der Waals surface area contributed by atoms with Crippen molar-refractivity contribution in [1.82, 2.24) is 9.55 Å². The number of H-pyrrole nitrogens is 1. The maximum atomic E-state index is 5.39. The van der Waals surface area contributed by atoms with Gasteiger partial charge in [0.15, 0.2) is 4.77 Å². The van der Waals surface area contributed by atoms with Crippen LogP contribution in [0.15, 0.2) is 18.2 Å². The SMILES string of the molecule is Cc1ccc2[nH]c(=S)n(CCC(C)(C)C)c2c1. The minimum atomic E-state index is 0.336. The van der Waals surface area contributed by atoms with Crippen molar-refractivity contribution in [2.45, 2.75) is 40.7 Å². The minimum absolute atomic E-state index is 0.336. The molecule has 1 N–H and O–H groups in total. The fraction of sp³-hybridized carbons (Fsp3) is 0.500. The van der Waals surface area contributed by atoms with Gasteiger partial charge in [0.2, 0.25) is 0 Å². The summed E-state index contributed by atoms with van der Waals surface area (Å²) in [7, 11) is 0. The van der Waals surface area contributed by atoms with Gasteiger partial charge in [-0.3, -0.25) is 0 Å². The quantitative estimate of drug-likeness (QED) is 0.779. The Morgan fingerprint density at radius 2 is 2.00 bits per heavy atom. The summed E-state index contributed by atoms with van der Waals surface area (Å²) in [6, 6.07) is 6.42. The average molecular weight is 248 g/mol. The molecule has 0 amide bonds. The molecule has 0 bridgehead atoms. The molecule has 0 unspecified atom stereocenters. The lowest BCUT2D eigenvalue weighted by Crippen LogP contribution is -2.10. The van der Waals surface area contributed by atoms with Gasteiger partial charge in [0.1, 0.15) is 0 Å². The van der Waals surface area contributed by atoms with E-state index in [-0.39, 0.29) is 0 Å². The minimum Gasteiger partial charge on any atom is -0.331 e. The van der Waals surface area contributed by atoms with Crippen molar-refractivity contribution in [2.24, 2.45) is 5.41 Å². The monoisotopic (exact) mass is 248 g/mol. The Morgan fingerprint density at radius 1 is 1.29 bits per heavy atom. The molecule has 1 aromatic carbocycles. The van der Waals surface area contributed by atoms with Gasteiger partial charge in [-0.1, -0.05) is 26.8 Å². The number of aromatic amines is 1. The fourth-order valence-corrected chi connectivity index (χ4v) is 2.23. The third-order valence-electron chi connectivity index (χ3n) is 3.02. The summed E-state index contributed by atoms with van der Waals surface area (Å²) in [4.78, 5) is 3.27. The third kappa shape index (κ3) is 2.78. The van der Waals surface area contributed by atoms with Gasteiger partial charge in [-0.25, -0.2) is 0 Å². The van der Waals surface area contributed by atoms with Gasteiger partial charge < -0.3 is 9.55 Å². The molecule has 2 nitrogen and oxygen atoms in total. The molecule has 0 aliphatic carbocycles. The first-order valence-electron chi connectivity index (χ1n) is 6.06. The summed E-state index contributed by atoms with van der Waals surface area (Å²) in [6.07, 6.45) is 1.13. The number of nitrogens with one attached hydrogen (secondary N) is 1. The Morgan fingerprint density at radius 3 is 2.65 bits per heavy atom. The lowest BCUT2D eigenvalue weighted by Gasteiger charge is -2.18. The second-order valence-electron chi connectivity index (χ2n) is 5.91. The highest BCUT2D eigenvalue weighted by molar-refractivity contribution is 7.71. The van der Waals surface area contributed by atoms with Crippen molar-refractivity contribution in [3.05, 3.63) is 28.5 Å². The number of benzene rings is 1. The molecule has 2 aromatic rings. The van der Waals surface area contributed by atoms with Crippen LogP contribution in [-0.4, -0.2) is 9.55 Å². The molecule has 3 heteroatoms. The Balaban J connectivity index is 2.42. The molecule has 0 atom stereocenters. The Labute approximate surface area is 108 Å². The van der Waals surface area contributed by atoms with E-state index in [9.17, 15) is 0 Å². The van der Waals surface area contributed by atoms with Crippen LogP contribution >= 0.6 is 12.2 Å². The van der Waals surface area contributed by atoms with Crippen molar-refractivity contribution < 1.29 is 0 Å². The average Bonchev–Trinajstić information content (AvgIpc) is 2.49. The van der Waals surface area contributed by atoms with Gasteiger partial charge in [0, 0.05) is 6.54 Å². The summed E-state index contributed by atoms with van der Waals surface area (Å²) >= 11 is 5.39. The first-order valence-corrected chi connectivity index (χ1v) is 6.47. The molecule has 0 aliphatic rings. The van der Waals surface area contributed by atoms with Gasteiger partial charge in [0.05, 0.1) is 11.0 Å². The van der Waals surface area contributed by atoms with Crippen LogP contribution < -0.4 is 0 Å². The summed E-state index contributed by atoms with van der Waals surface area (Å²) in [5.74, 6) is 0. The van der Waals surface area contributed by atoms with Crippen molar-refractivity contribution in [3.63, 3.8) is 0 Å². The molecule has 92 valence electrons. The van der Waals surface area contributed by atoms with Crippen molar-refractivity contribution in [2.75, 3.05) is 0 Å². The number of rotatable bonds is 2. The van der Waals surface area contributed by atoms with Gasteiger partial charge >= 0.3 is 0 Å².